The van der Waals surface area contributed by atoms with E-state index in [1.165, 1.54) is 36.2 Å². The molecule has 7 heteroatoms. The van der Waals surface area contributed by atoms with Gasteiger partial charge in [-0.2, -0.15) is 10.4 Å². The second kappa shape index (κ2) is 9.74. The highest BCUT2D eigenvalue weighted by atomic mass is 35.5. The minimum atomic E-state index is -0.799. The minimum Gasteiger partial charge on any atom is -0.273 e. The predicted molar refractivity (Wildman–Crippen MR) is 122 cm³/mol. The second-order valence-corrected chi connectivity index (χ2v) is 7.69. The number of hydrogen-bond donors (Lipinski definition) is 0. The lowest BCUT2D eigenvalue weighted by Crippen LogP contribution is -2.22. The standard InChI is InChI=1S/C24H18Cl2FN3O/c1-15-10-18(8-9-23(15)27)20(13-28)24-21(25)11-19(12-22(24)26)30(16(2)31)29-14-17-6-4-3-5-7-17/h3-12,14,20H,1-2H3/b29-14+. The number of benzene rings is 3. The molecule has 0 heterocycles. The highest BCUT2D eigenvalue weighted by Crippen LogP contribution is 2.39. The average molecular weight is 454 g/mol. The smallest absolute Gasteiger partial charge is 0.244 e. The van der Waals surface area contributed by atoms with E-state index in [9.17, 15) is 14.4 Å². The van der Waals surface area contributed by atoms with Gasteiger partial charge in [0.15, 0.2) is 0 Å². The van der Waals surface area contributed by atoms with E-state index in [2.05, 4.69) is 11.2 Å². The van der Waals surface area contributed by atoms with Gasteiger partial charge in [0.05, 0.1) is 23.9 Å². The maximum atomic E-state index is 13.7. The lowest BCUT2D eigenvalue weighted by Gasteiger charge is -2.20. The Morgan fingerprint density at radius 3 is 2.32 bits per heavy atom. The molecule has 156 valence electrons. The molecular weight excluding hydrogens is 436 g/mol. The highest BCUT2D eigenvalue weighted by molar-refractivity contribution is 6.36. The quantitative estimate of drug-likeness (QED) is 0.327. The van der Waals surface area contributed by atoms with Crippen molar-refractivity contribution in [3.8, 4) is 6.07 Å². The first-order valence-electron chi connectivity index (χ1n) is 9.36. The van der Waals surface area contributed by atoms with Gasteiger partial charge in [-0.05, 0) is 41.8 Å². The van der Waals surface area contributed by atoms with Crippen LogP contribution in [-0.4, -0.2) is 12.1 Å². The third kappa shape index (κ3) is 5.11. The van der Waals surface area contributed by atoms with Gasteiger partial charge in [0.25, 0.3) is 0 Å². The van der Waals surface area contributed by atoms with Crippen LogP contribution in [0.2, 0.25) is 10.0 Å². The van der Waals surface area contributed by atoms with Crippen molar-refractivity contribution in [3.05, 3.63) is 98.8 Å². The maximum absolute atomic E-state index is 13.7. The fraction of sp³-hybridized carbons (Fsp3) is 0.125. The van der Waals surface area contributed by atoms with Crippen molar-refractivity contribution >= 4 is 41.0 Å². The number of hydrogen-bond acceptors (Lipinski definition) is 3. The van der Waals surface area contributed by atoms with Gasteiger partial charge in [-0.25, -0.2) is 9.40 Å². The van der Waals surface area contributed by atoms with Crippen LogP contribution in [-0.2, 0) is 4.79 Å². The van der Waals surface area contributed by atoms with Gasteiger partial charge in [-0.3, -0.25) is 4.79 Å². The first-order chi connectivity index (χ1) is 14.8. The number of aryl methyl sites for hydroxylation is 1. The number of carbonyl (C=O) groups excluding carboxylic acids is 1. The number of nitriles is 1. The van der Waals surface area contributed by atoms with E-state index in [4.69, 9.17) is 23.2 Å². The Hall–Kier alpha value is -3.20. The zero-order valence-electron chi connectivity index (χ0n) is 16.8. The Labute approximate surface area is 190 Å². The zero-order chi connectivity index (χ0) is 22.5. The SMILES string of the molecule is CC(=O)N(/N=C/c1ccccc1)c1cc(Cl)c(C(C#N)c2ccc(F)c(C)c2)c(Cl)c1. The zero-order valence-corrected chi connectivity index (χ0v) is 18.3. The van der Waals surface area contributed by atoms with Crippen LogP contribution in [0.4, 0.5) is 10.1 Å². The van der Waals surface area contributed by atoms with Gasteiger partial charge in [-0.15, -0.1) is 0 Å². The number of amides is 1. The lowest BCUT2D eigenvalue weighted by molar-refractivity contribution is -0.116. The maximum Gasteiger partial charge on any atom is 0.244 e. The van der Waals surface area contributed by atoms with Gasteiger partial charge in [-0.1, -0.05) is 65.7 Å². The Morgan fingerprint density at radius 2 is 1.77 bits per heavy atom. The van der Waals surface area contributed by atoms with Gasteiger partial charge < -0.3 is 0 Å². The average Bonchev–Trinajstić information content (AvgIpc) is 2.73. The van der Waals surface area contributed by atoms with Crippen molar-refractivity contribution in [2.75, 3.05) is 5.01 Å². The summed E-state index contributed by atoms with van der Waals surface area (Å²) in [4.78, 5) is 12.2. The summed E-state index contributed by atoms with van der Waals surface area (Å²) in [5.41, 5.74) is 2.56. The number of nitrogens with zero attached hydrogens (tertiary/aromatic N) is 3. The van der Waals surface area contributed by atoms with Crippen LogP contribution in [0, 0.1) is 24.1 Å². The topological polar surface area (TPSA) is 56.5 Å². The van der Waals surface area contributed by atoms with E-state index in [1.807, 2.05) is 30.3 Å². The van der Waals surface area contributed by atoms with Crippen molar-refractivity contribution in [2.45, 2.75) is 19.8 Å². The van der Waals surface area contributed by atoms with Crippen LogP contribution in [0.25, 0.3) is 0 Å². The van der Waals surface area contributed by atoms with Gasteiger partial charge in [0, 0.05) is 22.5 Å². The summed E-state index contributed by atoms with van der Waals surface area (Å²) in [5, 5.41) is 15.6. The predicted octanol–water partition coefficient (Wildman–Crippen LogP) is 6.48. The Morgan fingerprint density at radius 1 is 1.13 bits per heavy atom. The first kappa shape index (κ1) is 22.5. The first-order valence-corrected chi connectivity index (χ1v) is 10.1. The van der Waals surface area contributed by atoms with Crippen LogP contribution >= 0.6 is 23.2 Å². The van der Waals surface area contributed by atoms with E-state index in [-0.39, 0.29) is 21.8 Å². The molecule has 0 fully saturated rings. The number of carbonyl (C=O) groups is 1. The fourth-order valence-electron chi connectivity index (χ4n) is 3.12. The number of anilines is 1. The number of rotatable bonds is 5. The molecule has 0 saturated carbocycles. The van der Waals surface area contributed by atoms with Crippen molar-refractivity contribution < 1.29 is 9.18 Å². The summed E-state index contributed by atoms with van der Waals surface area (Å²) in [6, 6.07) is 19.0. The molecular formula is C24H18Cl2FN3O. The Balaban J connectivity index is 2.01. The van der Waals surface area contributed by atoms with Crippen LogP contribution in [0.1, 0.15) is 35.1 Å². The third-order valence-electron chi connectivity index (χ3n) is 4.66. The molecule has 1 unspecified atom stereocenters. The molecule has 4 nitrogen and oxygen atoms in total. The second-order valence-electron chi connectivity index (χ2n) is 6.88. The Bertz CT molecular complexity index is 1170. The fourth-order valence-corrected chi connectivity index (χ4v) is 3.81. The van der Waals surface area contributed by atoms with Crippen LogP contribution in [0.3, 0.4) is 0 Å². The van der Waals surface area contributed by atoms with Crippen molar-refractivity contribution in [1.82, 2.24) is 0 Å². The molecule has 3 aromatic rings. The van der Waals surface area contributed by atoms with Gasteiger partial charge >= 0.3 is 0 Å². The summed E-state index contributed by atoms with van der Waals surface area (Å²) >= 11 is 13.0. The molecule has 0 aliphatic carbocycles. The molecule has 0 N–H and O–H groups in total. The largest absolute Gasteiger partial charge is 0.273 e. The highest BCUT2D eigenvalue weighted by Gasteiger charge is 2.23. The summed E-state index contributed by atoms with van der Waals surface area (Å²) in [5.74, 6) is -1.49. The van der Waals surface area contributed by atoms with E-state index >= 15 is 0 Å². The summed E-state index contributed by atoms with van der Waals surface area (Å²) < 4.78 is 13.7. The lowest BCUT2D eigenvalue weighted by atomic mass is 9.91. The van der Waals surface area contributed by atoms with Crippen molar-refractivity contribution in [2.24, 2.45) is 5.10 Å². The minimum absolute atomic E-state index is 0.206. The summed E-state index contributed by atoms with van der Waals surface area (Å²) in [7, 11) is 0. The summed E-state index contributed by atoms with van der Waals surface area (Å²) in [6.45, 7) is 2.99. The monoisotopic (exact) mass is 453 g/mol. The van der Waals surface area contributed by atoms with E-state index in [1.54, 1.807) is 19.2 Å². The molecule has 1 amide bonds. The van der Waals surface area contributed by atoms with E-state index < -0.39 is 5.92 Å². The molecule has 3 aromatic carbocycles. The molecule has 0 radical (unpaired) electrons. The molecule has 0 aliphatic heterocycles. The van der Waals surface area contributed by atoms with E-state index in [0.29, 0.717) is 22.4 Å². The normalized spacial score (nSPS) is 11.9. The molecule has 1 atom stereocenters. The molecule has 0 aliphatic rings. The van der Waals surface area contributed by atoms with Gasteiger partial charge in [0.1, 0.15) is 5.82 Å². The number of halogens is 3. The van der Waals surface area contributed by atoms with Gasteiger partial charge in [0.2, 0.25) is 5.91 Å². The van der Waals surface area contributed by atoms with Crippen LogP contribution in [0.15, 0.2) is 65.8 Å². The molecule has 3 rings (SSSR count). The van der Waals surface area contributed by atoms with E-state index in [0.717, 1.165) is 5.56 Å². The Kier molecular flexibility index (Phi) is 7.06. The molecule has 0 bridgehead atoms. The van der Waals surface area contributed by atoms with Crippen molar-refractivity contribution in [3.63, 3.8) is 0 Å². The molecule has 0 saturated heterocycles. The van der Waals surface area contributed by atoms with Crippen LogP contribution in [0.5, 0.6) is 0 Å². The van der Waals surface area contributed by atoms with Crippen LogP contribution < -0.4 is 5.01 Å². The van der Waals surface area contributed by atoms with Crippen molar-refractivity contribution in [1.29, 1.82) is 5.26 Å². The number of hydrazone groups is 1. The molecule has 0 aromatic heterocycles. The third-order valence-corrected chi connectivity index (χ3v) is 5.29. The molecule has 31 heavy (non-hydrogen) atoms. The molecule has 0 spiro atoms. The summed E-state index contributed by atoms with van der Waals surface area (Å²) in [6.07, 6.45) is 1.55.